The summed E-state index contributed by atoms with van der Waals surface area (Å²) in [5, 5.41) is 0. The van der Waals surface area contributed by atoms with Crippen LogP contribution in [0, 0.1) is 0 Å². The third-order valence-corrected chi connectivity index (χ3v) is 2.20. The highest BCUT2D eigenvalue weighted by Crippen LogP contribution is 2.07. The Kier molecular flexibility index (Phi) is 3.88. The molecule has 2 amide bonds. The van der Waals surface area contributed by atoms with Gasteiger partial charge in [0.25, 0.3) is 5.91 Å². The number of nitrogen functional groups attached to an aromatic ring is 1. The van der Waals surface area contributed by atoms with E-state index in [9.17, 15) is 9.59 Å². The SMILES string of the molecule is CN(CCC(N)=O)C(=O)c1ccc(N)cc1. The third-order valence-electron chi connectivity index (χ3n) is 2.20. The van der Waals surface area contributed by atoms with Crippen molar-refractivity contribution in [2.45, 2.75) is 6.42 Å². The molecule has 86 valence electrons. The van der Waals surface area contributed by atoms with Gasteiger partial charge in [-0.3, -0.25) is 9.59 Å². The molecule has 5 nitrogen and oxygen atoms in total. The highest BCUT2D eigenvalue weighted by molar-refractivity contribution is 5.94. The maximum atomic E-state index is 11.8. The standard InChI is InChI=1S/C11H15N3O2/c1-14(7-6-10(13)15)11(16)8-2-4-9(12)5-3-8/h2-5H,6-7,12H2,1H3,(H2,13,15). The number of primary amides is 1. The Morgan fingerprint density at radius 2 is 1.81 bits per heavy atom. The lowest BCUT2D eigenvalue weighted by atomic mass is 10.2. The number of carbonyl (C=O) groups excluding carboxylic acids is 2. The van der Waals surface area contributed by atoms with E-state index in [0.29, 0.717) is 17.8 Å². The summed E-state index contributed by atoms with van der Waals surface area (Å²) < 4.78 is 0. The Bertz CT molecular complexity index is 387. The smallest absolute Gasteiger partial charge is 0.253 e. The van der Waals surface area contributed by atoms with Gasteiger partial charge in [-0.15, -0.1) is 0 Å². The van der Waals surface area contributed by atoms with E-state index < -0.39 is 5.91 Å². The summed E-state index contributed by atoms with van der Waals surface area (Å²) in [5.41, 5.74) is 11.7. The summed E-state index contributed by atoms with van der Waals surface area (Å²) in [4.78, 5) is 23.8. The van der Waals surface area contributed by atoms with E-state index in [1.165, 1.54) is 4.90 Å². The van der Waals surface area contributed by atoms with Crippen molar-refractivity contribution in [1.82, 2.24) is 4.90 Å². The number of carbonyl (C=O) groups is 2. The summed E-state index contributed by atoms with van der Waals surface area (Å²) in [7, 11) is 1.63. The molecule has 0 aliphatic rings. The van der Waals surface area contributed by atoms with Gasteiger partial charge in [0.2, 0.25) is 5.91 Å². The van der Waals surface area contributed by atoms with Gasteiger partial charge in [0.1, 0.15) is 0 Å². The first-order chi connectivity index (χ1) is 7.50. The van der Waals surface area contributed by atoms with Crippen molar-refractivity contribution in [2.75, 3.05) is 19.3 Å². The highest BCUT2D eigenvalue weighted by atomic mass is 16.2. The zero-order valence-electron chi connectivity index (χ0n) is 9.14. The first kappa shape index (κ1) is 12.0. The molecular formula is C11H15N3O2. The molecule has 0 saturated carbocycles. The summed E-state index contributed by atoms with van der Waals surface area (Å²) in [6, 6.07) is 6.63. The summed E-state index contributed by atoms with van der Waals surface area (Å²) >= 11 is 0. The molecule has 1 aromatic carbocycles. The van der Waals surface area contributed by atoms with Crippen molar-refractivity contribution >= 4 is 17.5 Å². The normalized spacial score (nSPS) is 9.81. The van der Waals surface area contributed by atoms with Crippen LogP contribution in [0.5, 0.6) is 0 Å². The minimum atomic E-state index is -0.419. The number of nitrogens with zero attached hydrogens (tertiary/aromatic N) is 1. The van der Waals surface area contributed by atoms with E-state index in [2.05, 4.69) is 0 Å². The summed E-state index contributed by atoms with van der Waals surface area (Å²) in [5.74, 6) is -0.571. The van der Waals surface area contributed by atoms with E-state index in [0.717, 1.165) is 0 Å². The Balaban J connectivity index is 2.63. The fourth-order valence-electron chi connectivity index (χ4n) is 1.23. The lowest BCUT2D eigenvalue weighted by Gasteiger charge is -2.16. The molecule has 1 aromatic rings. The van der Waals surface area contributed by atoms with Crippen LogP contribution in [0.2, 0.25) is 0 Å². The second-order valence-electron chi connectivity index (χ2n) is 3.57. The van der Waals surface area contributed by atoms with E-state index >= 15 is 0 Å². The molecule has 5 heteroatoms. The molecular weight excluding hydrogens is 206 g/mol. The van der Waals surface area contributed by atoms with Gasteiger partial charge in [0.15, 0.2) is 0 Å². The number of amides is 2. The maximum absolute atomic E-state index is 11.8. The Morgan fingerprint density at radius 1 is 1.25 bits per heavy atom. The van der Waals surface area contributed by atoms with E-state index in [1.54, 1.807) is 31.3 Å². The molecule has 0 saturated heterocycles. The molecule has 0 radical (unpaired) electrons. The van der Waals surface area contributed by atoms with Gasteiger partial charge < -0.3 is 16.4 Å². The van der Waals surface area contributed by atoms with Crippen molar-refractivity contribution in [1.29, 1.82) is 0 Å². The number of hydrogen-bond donors (Lipinski definition) is 2. The molecule has 4 N–H and O–H groups in total. The van der Waals surface area contributed by atoms with Crippen molar-refractivity contribution < 1.29 is 9.59 Å². The average molecular weight is 221 g/mol. The Morgan fingerprint density at radius 3 is 2.31 bits per heavy atom. The molecule has 1 rings (SSSR count). The minimum absolute atomic E-state index is 0.152. The second kappa shape index (κ2) is 5.16. The molecule has 0 aromatic heterocycles. The quantitative estimate of drug-likeness (QED) is 0.712. The van der Waals surface area contributed by atoms with Crippen molar-refractivity contribution in [2.24, 2.45) is 5.73 Å². The average Bonchev–Trinajstić information content (AvgIpc) is 2.26. The van der Waals surface area contributed by atoms with Gasteiger partial charge in [-0.25, -0.2) is 0 Å². The highest BCUT2D eigenvalue weighted by Gasteiger charge is 2.11. The van der Waals surface area contributed by atoms with E-state index in [-0.39, 0.29) is 12.3 Å². The van der Waals surface area contributed by atoms with Gasteiger partial charge in [0.05, 0.1) is 0 Å². The first-order valence-corrected chi connectivity index (χ1v) is 4.90. The summed E-state index contributed by atoms with van der Waals surface area (Å²) in [6.45, 7) is 0.318. The predicted octanol–water partition coefficient (Wildman–Crippen LogP) is 0.216. The number of hydrogen-bond acceptors (Lipinski definition) is 3. The van der Waals surface area contributed by atoms with Crippen molar-refractivity contribution in [3.8, 4) is 0 Å². The van der Waals surface area contributed by atoms with Gasteiger partial charge in [0, 0.05) is 31.3 Å². The monoisotopic (exact) mass is 221 g/mol. The molecule has 0 aliphatic heterocycles. The van der Waals surface area contributed by atoms with Crippen LogP contribution >= 0.6 is 0 Å². The topological polar surface area (TPSA) is 89.4 Å². The Hall–Kier alpha value is -2.04. The lowest BCUT2D eigenvalue weighted by Crippen LogP contribution is -2.30. The molecule has 0 bridgehead atoms. The maximum Gasteiger partial charge on any atom is 0.253 e. The van der Waals surface area contributed by atoms with Gasteiger partial charge in [-0.05, 0) is 24.3 Å². The van der Waals surface area contributed by atoms with E-state index in [4.69, 9.17) is 11.5 Å². The van der Waals surface area contributed by atoms with Crippen LogP contribution in [0.1, 0.15) is 16.8 Å². The van der Waals surface area contributed by atoms with Gasteiger partial charge in [-0.2, -0.15) is 0 Å². The van der Waals surface area contributed by atoms with Crippen molar-refractivity contribution in [3.63, 3.8) is 0 Å². The number of anilines is 1. The van der Waals surface area contributed by atoms with Crippen LogP contribution in [-0.2, 0) is 4.79 Å². The van der Waals surface area contributed by atoms with Crippen LogP contribution in [0.3, 0.4) is 0 Å². The lowest BCUT2D eigenvalue weighted by molar-refractivity contribution is -0.118. The van der Waals surface area contributed by atoms with Gasteiger partial charge in [-0.1, -0.05) is 0 Å². The van der Waals surface area contributed by atoms with Gasteiger partial charge >= 0.3 is 0 Å². The molecule has 0 heterocycles. The van der Waals surface area contributed by atoms with Crippen LogP contribution in [0.4, 0.5) is 5.69 Å². The van der Waals surface area contributed by atoms with Crippen LogP contribution in [-0.4, -0.2) is 30.3 Å². The predicted molar refractivity (Wildman–Crippen MR) is 61.6 cm³/mol. The molecule has 0 atom stereocenters. The molecule has 0 aliphatic carbocycles. The summed E-state index contributed by atoms with van der Waals surface area (Å²) in [6.07, 6.45) is 0.164. The minimum Gasteiger partial charge on any atom is -0.399 e. The number of rotatable bonds is 4. The van der Waals surface area contributed by atoms with Crippen LogP contribution < -0.4 is 11.5 Å². The van der Waals surface area contributed by atoms with E-state index in [1.807, 2.05) is 0 Å². The molecule has 0 spiro atoms. The van der Waals surface area contributed by atoms with Crippen LogP contribution in [0.25, 0.3) is 0 Å². The largest absolute Gasteiger partial charge is 0.399 e. The molecule has 16 heavy (non-hydrogen) atoms. The first-order valence-electron chi connectivity index (χ1n) is 4.90. The van der Waals surface area contributed by atoms with Crippen molar-refractivity contribution in [3.05, 3.63) is 29.8 Å². The zero-order chi connectivity index (χ0) is 12.1. The number of benzene rings is 1. The zero-order valence-corrected chi connectivity index (χ0v) is 9.14. The third kappa shape index (κ3) is 3.27. The number of nitrogens with two attached hydrogens (primary N) is 2. The molecule has 0 unspecified atom stereocenters. The Labute approximate surface area is 94.0 Å². The fraction of sp³-hybridized carbons (Fsp3) is 0.273. The fourth-order valence-corrected chi connectivity index (χ4v) is 1.23. The second-order valence-corrected chi connectivity index (χ2v) is 3.57. The van der Waals surface area contributed by atoms with Crippen LogP contribution in [0.15, 0.2) is 24.3 Å². The molecule has 0 fully saturated rings.